The van der Waals surface area contributed by atoms with Gasteiger partial charge in [-0.3, -0.25) is 0 Å². The molecule has 0 amide bonds. The fraction of sp³-hybridized carbons (Fsp3) is 0.538. The highest BCUT2D eigenvalue weighted by molar-refractivity contribution is 5.85. The lowest BCUT2D eigenvalue weighted by atomic mass is 9.98. The second kappa shape index (κ2) is 6.12. The van der Waals surface area contributed by atoms with Crippen molar-refractivity contribution >= 4 is 18.1 Å². The molecule has 1 N–H and O–H groups in total. The van der Waals surface area contributed by atoms with Crippen molar-refractivity contribution in [1.82, 2.24) is 5.32 Å². The van der Waals surface area contributed by atoms with E-state index >= 15 is 0 Å². The molecule has 90 valence electrons. The Labute approximate surface area is 104 Å². The van der Waals surface area contributed by atoms with Gasteiger partial charge in [0.2, 0.25) is 0 Å². The Morgan fingerprint density at radius 1 is 1.19 bits per heavy atom. The molecule has 1 atom stereocenters. The van der Waals surface area contributed by atoms with Crippen LogP contribution in [-0.4, -0.2) is 19.6 Å². The van der Waals surface area contributed by atoms with Crippen LogP contribution in [0.25, 0.3) is 0 Å². The lowest BCUT2D eigenvalue weighted by Gasteiger charge is -2.29. The second-order valence-corrected chi connectivity index (χ2v) is 4.06. The first-order chi connectivity index (χ1) is 7.35. The van der Waals surface area contributed by atoms with E-state index in [1.54, 1.807) is 0 Å². The molecule has 16 heavy (non-hydrogen) atoms. The standard InChI is InChI=1S/C13H20N2.ClH/c1-3-15(4-2)12-7-5-11(6-8-12)13-9-10-14-13;/h5-8,13-14H,3-4,9-10H2,1-2H3;1H/t13-;/m1./s1. The number of hydrogen-bond donors (Lipinski definition) is 1. The van der Waals surface area contributed by atoms with Crippen LogP contribution in [0.1, 0.15) is 31.9 Å². The predicted molar refractivity (Wildman–Crippen MR) is 72.6 cm³/mol. The number of rotatable bonds is 4. The molecule has 2 rings (SSSR count). The molecule has 1 heterocycles. The van der Waals surface area contributed by atoms with Gasteiger partial charge in [-0.2, -0.15) is 0 Å². The smallest absolute Gasteiger partial charge is 0.0366 e. The van der Waals surface area contributed by atoms with Gasteiger partial charge in [-0.1, -0.05) is 12.1 Å². The Balaban J connectivity index is 0.00000128. The third kappa shape index (κ3) is 2.69. The van der Waals surface area contributed by atoms with E-state index in [-0.39, 0.29) is 12.4 Å². The number of anilines is 1. The van der Waals surface area contributed by atoms with E-state index in [9.17, 15) is 0 Å². The van der Waals surface area contributed by atoms with E-state index in [0.717, 1.165) is 13.1 Å². The molecule has 0 bridgehead atoms. The molecular formula is C13H21ClN2. The monoisotopic (exact) mass is 240 g/mol. The summed E-state index contributed by atoms with van der Waals surface area (Å²) in [5, 5.41) is 3.42. The first-order valence-corrected chi connectivity index (χ1v) is 5.93. The van der Waals surface area contributed by atoms with Gasteiger partial charge in [-0.25, -0.2) is 0 Å². The van der Waals surface area contributed by atoms with Crippen LogP contribution >= 0.6 is 12.4 Å². The normalized spacial score (nSPS) is 18.5. The number of benzene rings is 1. The molecule has 0 saturated carbocycles. The lowest BCUT2D eigenvalue weighted by molar-refractivity contribution is 0.383. The summed E-state index contributed by atoms with van der Waals surface area (Å²) < 4.78 is 0. The molecule has 1 fully saturated rings. The zero-order chi connectivity index (χ0) is 10.7. The van der Waals surface area contributed by atoms with Gasteiger partial charge < -0.3 is 10.2 Å². The Bertz CT molecular complexity index is 302. The number of nitrogens with zero attached hydrogens (tertiary/aromatic N) is 1. The van der Waals surface area contributed by atoms with Crippen molar-refractivity contribution in [1.29, 1.82) is 0 Å². The molecule has 1 saturated heterocycles. The maximum absolute atomic E-state index is 3.42. The number of halogens is 1. The number of hydrogen-bond acceptors (Lipinski definition) is 2. The molecule has 1 aromatic carbocycles. The fourth-order valence-electron chi connectivity index (χ4n) is 2.08. The maximum Gasteiger partial charge on any atom is 0.0366 e. The second-order valence-electron chi connectivity index (χ2n) is 4.06. The van der Waals surface area contributed by atoms with Gasteiger partial charge >= 0.3 is 0 Å². The SMILES string of the molecule is CCN(CC)c1ccc([C@H]2CCN2)cc1.Cl. The minimum Gasteiger partial charge on any atom is -0.372 e. The third-order valence-electron chi connectivity index (χ3n) is 3.25. The Morgan fingerprint density at radius 3 is 2.12 bits per heavy atom. The number of nitrogens with one attached hydrogen (secondary N) is 1. The molecule has 2 nitrogen and oxygen atoms in total. The first kappa shape index (κ1) is 13.3. The van der Waals surface area contributed by atoms with Crippen LogP contribution in [0, 0.1) is 0 Å². The van der Waals surface area contributed by atoms with Crippen LogP contribution in [0.4, 0.5) is 5.69 Å². The Hall–Kier alpha value is -0.730. The van der Waals surface area contributed by atoms with Crippen molar-refractivity contribution in [2.75, 3.05) is 24.5 Å². The molecule has 0 aromatic heterocycles. The third-order valence-corrected chi connectivity index (χ3v) is 3.25. The molecule has 0 unspecified atom stereocenters. The highest BCUT2D eigenvalue weighted by Gasteiger charge is 2.17. The largest absolute Gasteiger partial charge is 0.372 e. The van der Waals surface area contributed by atoms with Crippen molar-refractivity contribution in [3.8, 4) is 0 Å². The lowest BCUT2D eigenvalue weighted by Crippen LogP contribution is -2.34. The van der Waals surface area contributed by atoms with Gasteiger partial charge in [0.05, 0.1) is 0 Å². The molecule has 1 aliphatic rings. The molecule has 1 aromatic rings. The first-order valence-electron chi connectivity index (χ1n) is 5.93. The molecular weight excluding hydrogens is 220 g/mol. The highest BCUT2D eigenvalue weighted by Crippen LogP contribution is 2.24. The molecule has 0 aliphatic carbocycles. The van der Waals surface area contributed by atoms with Crippen LogP contribution in [0.3, 0.4) is 0 Å². The zero-order valence-corrected chi connectivity index (χ0v) is 10.9. The van der Waals surface area contributed by atoms with Crippen molar-refractivity contribution in [2.45, 2.75) is 26.3 Å². The maximum atomic E-state index is 3.42. The van der Waals surface area contributed by atoms with Gasteiger partial charge in [0, 0.05) is 24.8 Å². The average molecular weight is 241 g/mol. The summed E-state index contributed by atoms with van der Waals surface area (Å²) in [5.41, 5.74) is 2.76. The van der Waals surface area contributed by atoms with E-state index in [1.165, 1.54) is 24.2 Å². The van der Waals surface area contributed by atoms with Crippen molar-refractivity contribution in [2.24, 2.45) is 0 Å². The average Bonchev–Trinajstić information content (AvgIpc) is 2.20. The van der Waals surface area contributed by atoms with Crippen LogP contribution in [0.2, 0.25) is 0 Å². The van der Waals surface area contributed by atoms with E-state index in [4.69, 9.17) is 0 Å². The summed E-state index contributed by atoms with van der Waals surface area (Å²) in [4.78, 5) is 2.37. The van der Waals surface area contributed by atoms with Gasteiger partial charge in [0.25, 0.3) is 0 Å². The highest BCUT2D eigenvalue weighted by atomic mass is 35.5. The van der Waals surface area contributed by atoms with Crippen molar-refractivity contribution in [3.05, 3.63) is 29.8 Å². The summed E-state index contributed by atoms with van der Waals surface area (Å²) in [7, 11) is 0. The quantitative estimate of drug-likeness (QED) is 0.871. The molecule has 0 spiro atoms. The van der Waals surface area contributed by atoms with Crippen LogP contribution in [0.5, 0.6) is 0 Å². The minimum atomic E-state index is 0. The van der Waals surface area contributed by atoms with Gasteiger partial charge in [-0.05, 0) is 44.5 Å². The topological polar surface area (TPSA) is 15.3 Å². The van der Waals surface area contributed by atoms with Crippen LogP contribution < -0.4 is 10.2 Å². The molecule has 0 radical (unpaired) electrons. The summed E-state index contributed by atoms with van der Waals surface area (Å²) in [6.07, 6.45) is 1.28. The zero-order valence-electron chi connectivity index (χ0n) is 10.1. The fourth-order valence-corrected chi connectivity index (χ4v) is 2.08. The molecule has 1 aliphatic heterocycles. The van der Waals surface area contributed by atoms with E-state index in [1.807, 2.05) is 0 Å². The summed E-state index contributed by atoms with van der Waals surface area (Å²) in [6.45, 7) is 7.73. The minimum absolute atomic E-state index is 0. The summed E-state index contributed by atoms with van der Waals surface area (Å²) in [6, 6.07) is 9.59. The van der Waals surface area contributed by atoms with Gasteiger partial charge in [0.1, 0.15) is 0 Å². The van der Waals surface area contributed by atoms with Crippen LogP contribution in [-0.2, 0) is 0 Å². The van der Waals surface area contributed by atoms with E-state index in [0.29, 0.717) is 6.04 Å². The molecule has 3 heteroatoms. The van der Waals surface area contributed by atoms with E-state index in [2.05, 4.69) is 48.3 Å². The van der Waals surface area contributed by atoms with Gasteiger partial charge in [-0.15, -0.1) is 12.4 Å². The summed E-state index contributed by atoms with van der Waals surface area (Å²) >= 11 is 0. The van der Waals surface area contributed by atoms with Crippen molar-refractivity contribution < 1.29 is 0 Å². The summed E-state index contributed by atoms with van der Waals surface area (Å²) in [5.74, 6) is 0. The van der Waals surface area contributed by atoms with Crippen molar-refractivity contribution in [3.63, 3.8) is 0 Å². The van der Waals surface area contributed by atoms with Crippen LogP contribution in [0.15, 0.2) is 24.3 Å². The van der Waals surface area contributed by atoms with Gasteiger partial charge in [0.15, 0.2) is 0 Å². The Morgan fingerprint density at radius 2 is 1.75 bits per heavy atom. The Kier molecular flexibility index (Phi) is 5.10. The van der Waals surface area contributed by atoms with E-state index < -0.39 is 0 Å². The predicted octanol–water partition coefficient (Wildman–Crippen LogP) is 2.99.